The molecule has 2 aromatic rings. The summed E-state index contributed by atoms with van der Waals surface area (Å²) < 4.78 is 7.17. The number of hydrogen-bond acceptors (Lipinski definition) is 4. The Morgan fingerprint density at radius 1 is 1.30 bits per heavy atom. The van der Waals surface area contributed by atoms with Gasteiger partial charge < -0.3 is 9.64 Å². The molecule has 0 saturated heterocycles. The molecule has 0 amide bonds. The van der Waals surface area contributed by atoms with E-state index in [1.807, 2.05) is 29.8 Å². The van der Waals surface area contributed by atoms with Crippen molar-refractivity contribution in [3.8, 4) is 0 Å². The molecule has 1 aromatic carbocycles. The average Bonchev–Trinajstić information content (AvgIpc) is 2.92. The second kappa shape index (κ2) is 6.96. The minimum Gasteiger partial charge on any atom is -0.461 e. The number of hydrogen-bond donors (Lipinski definition) is 0. The van der Waals surface area contributed by atoms with Gasteiger partial charge in [0, 0.05) is 37.3 Å². The number of aromatic nitrogens is 2. The quantitative estimate of drug-likeness (QED) is 0.795. The molecule has 5 nitrogen and oxygen atoms in total. The summed E-state index contributed by atoms with van der Waals surface area (Å²) in [5.74, 6) is -0.308. The van der Waals surface area contributed by atoms with Crippen molar-refractivity contribution in [2.45, 2.75) is 32.9 Å². The number of nitrogens with zero attached hydrogens (tertiary/aromatic N) is 3. The van der Waals surface area contributed by atoms with Gasteiger partial charge in [0.05, 0.1) is 6.61 Å². The fraction of sp³-hybridized carbons (Fsp3) is 0.444. The van der Waals surface area contributed by atoms with E-state index in [4.69, 9.17) is 4.74 Å². The largest absolute Gasteiger partial charge is 0.461 e. The maximum Gasteiger partial charge on any atom is 0.359 e. The molecule has 0 atom stereocenters. The van der Waals surface area contributed by atoms with Crippen LogP contribution in [-0.2, 0) is 30.7 Å². The lowest BCUT2D eigenvalue weighted by Crippen LogP contribution is -2.28. The SMILES string of the molecule is CCOC(=O)c1nn(CCc2ccccc2)c2c1CN(C)CC2. The van der Waals surface area contributed by atoms with Crippen LogP contribution in [0.25, 0.3) is 0 Å². The number of benzene rings is 1. The van der Waals surface area contributed by atoms with E-state index in [-0.39, 0.29) is 5.97 Å². The number of aryl methyl sites for hydroxylation is 2. The molecule has 0 saturated carbocycles. The Balaban J connectivity index is 1.85. The molecule has 23 heavy (non-hydrogen) atoms. The summed E-state index contributed by atoms with van der Waals surface area (Å²) in [6, 6.07) is 10.4. The first-order chi connectivity index (χ1) is 11.2. The zero-order valence-electron chi connectivity index (χ0n) is 13.8. The van der Waals surface area contributed by atoms with Gasteiger partial charge in [-0.25, -0.2) is 4.79 Å². The monoisotopic (exact) mass is 313 g/mol. The van der Waals surface area contributed by atoms with E-state index in [1.165, 1.54) is 11.3 Å². The highest BCUT2D eigenvalue weighted by molar-refractivity contribution is 5.89. The maximum absolute atomic E-state index is 12.2. The highest BCUT2D eigenvalue weighted by Crippen LogP contribution is 2.23. The van der Waals surface area contributed by atoms with E-state index in [2.05, 4.69) is 29.2 Å². The van der Waals surface area contributed by atoms with E-state index >= 15 is 0 Å². The molecule has 122 valence electrons. The summed E-state index contributed by atoms with van der Waals surface area (Å²) in [7, 11) is 2.07. The van der Waals surface area contributed by atoms with Gasteiger partial charge in [-0.15, -0.1) is 0 Å². The van der Waals surface area contributed by atoms with Crippen molar-refractivity contribution in [2.24, 2.45) is 0 Å². The topological polar surface area (TPSA) is 47.4 Å². The van der Waals surface area contributed by atoms with Crippen LogP contribution in [0.2, 0.25) is 0 Å². The van der Waals surface area contributed by atoms with E-state index in [1.54, 1.807) is 0 Å². The van der Waals surface area contributed by atoms with Crippen LogP contribution in [0.1, 0.15) is 34.2 Å². The molecule has 3 rings (SSSR count). The van der Waals surface area contributed by atoms with Crippen molar-refractivity contribution in [1.29, 1.82) is 0 Å². The first-order valence-electron chi connectivity index (χ1n) is 8.17. The van der Waals surface area contributed by atoms with Crippen molar-refractivity contribution in [3.63, 3.8) is 0 Å². The smallest absolute Gasteiger partial charge is 0.359 e. The number of carbonyl (C=O) groups excluding carboxylic acids is 1. The van der Waals surface area contributed by atoms with Crippen LogP contribution in [0, 0.1) is 0 Å². The first kappa shape index (κ1) is 15.7. The summed E-state index contributed by atoms with van der Waals surface area (Å²) in [4.78, 5) is 14.4. The van der Waals surface area contributed by atoms with Gasteiger partial charge in [0.15, 0.2) is 5.69 Å². The van der Waals surface area contributed by atoms with Crippen LogP contribution in [0.4, 0.5) is 0 Å². The first-order valence-corrected chi connectivity index (χ1v) is 8.17. The number of carbonyl (C=O) groups is 1. The summed E-state index contributed by atoms with van der Waals surface area (Å²) in [6.07, 6.45) is 1.83. The molecule has 2 heterocycles. The van der Waals surface area contributed by atoms with Crippen LogP contribution in [0.5, 0.6) is 0 Å². The van der Waals surface area contributed by atoms with Gasteiger partial charge in [-0.05, 0) is 26.0 Å². The van der Waals surface area contributed by atoms with Gasteiger partial charge in [-0.3, -0.25) is 4.68 Å². The zero-order valence-corrected chi connectivity index (χ0v) is 13.8. The third-order valence-corrected chi connectivity index (χ3v) is 4.25. The van der Waals surface area contributed by atoms with Crippen molar-refractivity contribution in [2.75, 3.05) is 20.2 Å². The molecular weight excluding hydrogens is 290 g/mol. The molecule has 5 heteroatoms. The molecule has 1 aliphatic heterocycles. The van der Waals surface area contributed by atoms with Gasteiger partial charge in [0.2, 0.25) is 0 Å². The van der Waals surface area contributed by atoms with Crippen molar-refractivity contribution in [1.82, 2.24) is 14.7 Å². The third-order valence-electron chi connectivity index (χ3n) is 4.25. The van der Waals surface area contributed by atoms with E-state index in [0.29, 0.717) is 12.3 Å². The van der Waals surface area contributed by atoms with Crippen molar-refractivity contribution < 1.29 is 9.53 Å². The zero-order chi connectivity index (χ0) is 16.2. The number of fused-ring (bicyclic) bond motifs is 1. The number of esters is 1. The minimum atomic E-state index is -0.308. The highest BCUT2D eigenvalue weighted by atomic mass is 16.5. The van der Waals surface area contributed by atoms with Crippen LogP contribution >= 0.6 is 0 Å². The highest BCUT2D eigenvalue weighted by Gasteiger charge is 2.27. The third kappa shape index (κ3) is 3.45. The predicted molar refractivity (Wildman–Crippen MR) is 88.4 cm³/mol. The van der Waals surface area contributed by atoms with Gasteiger partial charge in [-0.1, -0.05) is 30.3 Å². The second-order valence-corrected chi connectivity index (χ2v) is 5.94. The Labute approximate surface area is 136 Å². The lowest BCUT2D eigenvalue weighted by atomic mass is 10.1. The van der Waals surface area contributed by atoms with Gasteiger partial charge in [0.25, 0.3) is 0 Å². The average molecular weight is 313 g/mol. The Morgan fingerprint density at radius 3 is 2.83 bits per heavy atom. The maximum atomic E-state index is 12.2. The van der Waals surface area contributed by atoms with Crippen molar-refractivity contribution >= 4 is 5.97 Å². The normalized spacial score (nSPS) is 14.5. The molecule has 0 N–H and O–H groups in total. The molecular formula is C18H23N3O2. The lowest BCUT2D eigenvalue weighted by molar-refractivity contribution is 0.0516. The van der Waals surface area contributed by atoms with Crippen LogP contribution in [0.15, 0.2) is 30.3 Å². The van der Waals surface area contributed by atoms with Crippen molar-refractivity contribution in [3.05, 3.63) is 52.8 Å². The van der Waals surface area contributed by atoms with E-state index in [0.717, 1.165) is 38.0 Å². The Hall–Kier alpha value is -2.14. The number of rotatable bonds is 5. The minimum absolute atomic E-state index is 0.308. The lowest BCUT2D eigenvalue weighted by Gasteiger charge is -2.23. The molecule has 0 bridgehead atoms. The molecule has 1 aromatic heterocycles. The Kier molecular flexibility index (Phi) is 4.76. The standard InChI is InChI=1S/C18H23N3O2/c1-3-23-18(22)17-15-13-20(2)11-10-16(15)21(19-17)12-9-14-7-5-4-6-8-14/h4-8H,3,9-13H2,1-2H3. The molecule has 0 aliphatic carbocycles. The van der Waals surface area contributed by atoms with Crippen LogP contribution in [0.3, 0.4) is 0 Å². The molecule has 1 aliphatic rings. The fourth-order valence-corrected chi connectivity index (χ4v) is 3.05. The molecule has 0 radical (unpaired) electrons. The van der Waals surface area contributed by atoms with E-state index in [9.17, 15) is 4.79 Å². The van der Waals surface area contributed by atoms with E-state index < -0.39 is 0 Å². The Morgan fingerprint density at radius 2 is 2.09 bits per heavy atom. The number of ether oxygens (including phenoxy) is 1. The molecule has 0 fully saturated rings. The summed E-state index contributed by atoms with van der Waals surface area (Å²) in [5, 5.41) is 4.58. The summed E-state index contributed by atoms with van der Waals surface area (Å²) in [6.45, 7) is 4.74. The van der Waals surface area contributed by atoms with Gasteiger partial charge in [-0.2, -0.15) is 5.10 Å². The van der Waals surface area contributed by atoms with Crippen LogP contribution < -0.4 is 0 Å². The molecule has 0 spiro atoms. The fourth-order valence-electron chi connectivity index (χ4n) is 3.05. The summed E-state index contributed by atoms with van der Waals surface area (Å²) in [5.41, 5.74) is 3.98. The second-order valence-electron chi connectivity index (χ2n) is 5.94. The van der Waals surface area contributed by atoms with Gasteiger partial charge in [0.1, 0.15) is 0 Å². The Bertz CT molecular complexity index is 679. The number of likely N-dealkylation sites (N-methyl/N-ethyl adjacent to an activating group) is 1. The predicted octanol–water partition coefficient (Wildman–Crippen LogP) is 2.29. The van der Waals surface area contributed by atoms with Gasteiger partial charge >= 0.3 is 5.97 Å². The molecule has 0 unspecified atom stereocenters. The summed E-state index contributed by atoms with van der Waals surface area (Å²) >= 11 is 0. The van der Waals surface area contributed by atoms with Crippen LogP contribution in [-0.4, -0.2) is 40.8 Å².